The summed E-state index contributed by atoms with van der Waals surface area (Å²) in [6.45, 7) is 5.16. The zero-order chi connectivity index (χ0) is 27.9. The summed E-state index contributed by atoms with van der Waals surface area (Å²) in [5.74, 6) is 0.729. The minimum Gasteiger partial charge on any atom is -0.449 e. The van der Waals surface area contributed by atoms with Crippen LogP contribution in [0, 0.1) is 19.7 Å². The van der Waals surface area contributed by atoms with Gasteiger partial charge in [-0.2, -0.15) is 0 Å². The summed E-state index contributed by atoms with van der Waals surface area (Å²) < 4.78 is 20.0. The van der Waals surface area contributed by atoms with E-state index in [-0.39, 0.29) is 38.8 Å². The zero-order valence-corrected chi connectivity index (χ0v) is 22.9. The molecule has 0 bridgehead atoms. The van der Waals surface area contributed by atoms with Gasteiger partial charge < -0.3 is 14.7 Å². The first-order valence-electron chi connectivity index (χ1n) is 13.0. The number of hydrogen-bond donors (Lipinski definition) is 1. The number of carboxylic acid groups (broad SMARTS) is 1. The Kier molecular flexibility index (Phi) is 7.31. The topological polar surface area (TPSA) is 92.6 Å². The maximum Gasteiger partial charge on any atom is 0.511 e. The SMILES string of the molecule is Cc1cc(N2CCC([N+](C)(C(=O)c3c(F)cccc3Cl)[C@@H]3CCc4ccc(OC(=O)O)cc43)CC2)nc(C)n1. The van der Waals surface area contributed by atoms with Crippen molar-refractivity contribution in [2.75, 3.05) is 25.0 Å². The Bertz CT molecular complexity index is 1400. The van der Waals surface area contributed by atoms with Gasteiger partial charge in [0.15, 0.2) is 0 Å². The molecule has 5 rings (SSSR count). The normalized spacial score (nSPS) is 18.9. The predicted octanol–water partition coefficient (Wildman–Crippen LogP) is 5.89. The van der Waals surface area contributed by atoms with E-state index >= 15 is 4.39 Å². The fourth-order valence-electron chi connectivity index (χ4n) is 6.28. The highest BCUT2D eigenvalue weighted by Crippen LogP contribution is 2.46. The van der Waals surface area contributed by atoms with Crippen LogP contribution >= 0.6 is 11.6 Å². The van der Waals surface area contributed by atoms with Crippen molar-refractivity contribution in [1.29, 1.82) is 0 Å². The molecular formula is C29H31ClFN4O4+. The minimum atomic E-state index is -1.40. The van der Waals surface area contributed by atoms with Gasteiger partial charge in [-0.25, -0.2) is 28.4 Å². The number of fused-ring (bicyclic) bond motifs is 1. The standard InChI is InChI=1S/C29H30ClFN4O4/c1-17-15-26(33-18(2)32-17)34-13-11-20(12-14-34)35(3,28(36)27-23(30)5-4-6-24(27)31)25-10-8-19-7-9-21(16-22(19)25)39-29(37)38/h4-7,9,15-16,20,25H,8,10-14H2,1-3H3/p+1/t25-,35?/m1/s1. The van der Waals surface area contributed by atoms with Gasteiger partial charge in [-0.05, 0) is 50.1 Å². The smallest absolute Gasteiger partial charge is 0.449 e. The van der Waals surface area contributed by atoms with Crippen molar-refractivity contribution >= 4 is 29.5 Å². The summed E-state index contributed by atoms with van der Waals surface area (Å²) in [7, 11) is 1.87. The number of aromatic nitrogens is 2. The van der Waals surface area contributed by atoms with Crippen LogP contribution in [0.25, 0.3) is 0 Å². The molecule has 2 aromatic carbocycles. The van der Waals surface area contributed by atoms with E-state index < -0.39 is 12.0 Å². The number of hydrogen-bond acceptors (Lipinski definition) is 6. The predicted molar refractivity (Wildman–Crippen MR) is 145 cm³/mol. The van der Waals surface area contributed by atoms with Crippen LogP contribution in [0.1, 0.15) is 58.3 Å². The molecule has 1 amide bonds. The summed E-state index contributed by atoms with van der Waals surface area (Å²) in [4.78, 5) is 36.8. The number of benzene rings is 2. The highest BCUT2D eigenvalue weighted by atomic mass is 35.5. The molecule has 39 heavy (non-hydrogen) atoms. The molecule has 1 fully saturated rings. The first kappa shape index (κ1) is 27.0. The van der Waals surface area contributed by atoms with Crippen molar-refractivity contribution in [3.63, 3.8) is 0 Å². The van der Waals surface area contributed by atoms with Crippen LogP contribution in [0.15, 0.2) is 42.5 Å². The first-order valence-corrected chi connectivity index (χ1v) is 13.4. The molecule has 10 heteroatoms. The summed E-state index contributed by atoms with van der Waals surface area (Å²) in [5.41, 5.74) is 2.66. The van der Waals surface area contributed by atoms with Crippen LogP contribution < -0.4 is 9.64 Å². The van der Waals surface area contributed by atoms with Crippen molar-refractivity contribution in [3.8, 4) is 5.75 Å². The van der Waals surface area contributed by atoms with E-state index in [2.05, 4.69) is 14.9 Å². The monoisotopic (exact) mass is 553 g/mol. The summed E-state index contributed by atoms with van der Waals surface area (Å²) in [5, 5.41) is 9.22. The Morgan fingerprint density at radius 2 is 1.85 bits per heavy atom. The third kappa shape index (κ3) is 5.08. The molecule has 204 valence electrons. The Labute approximate surface area is 231 Å². The van der Waals surface area contributed by atoms with Crippen molar-refractivity contribution in [2.24, 2.45) is 0 Å². The molecule has 0 radical (unpaired) electrons. The number of ether oxygens (including phenoxy) is 1. The number of quaternary nitrogens is 1. The highest BCUT2D eigenvalue weighted by molar-refractivity contribution is 6.33. The number of anilines is 1. The van der Waals surface area contributed by atoms with E-state index in [0.717, 1.165) is 29.1 Å². The van der Waals surface area contributed by atoms with Crippen molar-refractivity contribution < 1.29 is 28.3 Å². The average molecular weight is 554 g/mol. The number of rotatable bonds is 5. The third-order valence-corrected chi connectivity index (χ3v) is 8.44. The lowest BCUT2D eigenvalue weighted by Gasteiger charge is -2.47. The number of halogens is 2. The Morgan fingerprint density at radius 3 is 2.51 bits per heavy atom. The maximum absolute atomic E-state index is 15.1. The molecule has 0 saturated carbocycles. The van der Waals surface area contributed by atoms with Gasteiger partial charge in [0.2, 0.25) is 0 Å². The quantitative estimate of drug-likeness (QED) is 0.239. The van der Waals surface area contributed by atoms with Gasteiger partial charge in [-0.15, -0.1) is 0 Å². The van der Waals surface area contributed by atoms with Crippen LogP contribution in [0.4, 0.5) is 15.0 Å². The van der Waals surface area contributed by atoms with E-state index in [9.17, 15) is 9.59 Å². The van der Waals surface area contributed by atoms with Crippen LogP contribution in [0.2, 0.25) is 5.02 Å². The summed E-state index contributed by atoms with van der Waals surface area (Å²) >= 11 is 6.41. The Balaban J connectivity index is 1.53. The molecule has 1 saturated heterocycles. The average Bonchev–Trinajstić information content (AvgIpc) is 3.31. The molecule has 1 aliphatic carbocycles. The lowest BCUT2D eigenvalue weighted by molar-refractivity contribution is -0.887. The molecule has 0 spiro atoms. The molecular weight excluding hydrogens is 523 g/mol. The molecule has 8 nitrogen and oxygen atoms in total. The maximum atomic E-state index is 15.1. The highest BCUT2D eigenvalue weighted by Gasteiger charge is 2.52. The molecule has 2 aliphatic rings. The number of amides is 1. The van der Waals surface area contributed by atoms with Gasteiger partial charge >= 0.3 is 12.1 Å². The molecule has 1 aliphatic heterocycles. The second kappa shape index (κ2) is 10.5. The van der Waals surface area contributed by atoms with Crippen molar-refractivity contribution in [1.82, 2.24) is 9.97 Å². The van der Waals surface area contributed by atoms with Crippen LogP contribution in [-0.4, -0.2) is 57.8 Å². The largest absolute Gasteiger partial charge is 0.511 e. The molecule has 2 atom stereocenters. The second-order valence-electron chi connectivity index (χ2n) is 10.5. The van der Waals surface area contributed by atoms with Crippen LogP contribution in [0.3, 0.4) is 0 Å². The van der Waals surface area contributed by atoms with Crippen molar-refractivity contribution in [2.45, 2.75) is 51.6 Å². The number of piperidine rings is 1. The fourth-order valence-corrected chi connectivity index (χ4v) is 6.52. The number of carbonyl (C=O) groups excluding carboxylic acids is 1. The second-order valence-corrected chi connectivity index (χ2v) is 10.9. The van der Waals surface area contributed by atoms with Gasteiger partial charge in [-0.3, -0.25) is 0 Å². The molecule has 3 aromatic rings. The van der Waals surface area contributed by atoms with Crippen molar-refractivity contribution in [3.05, 3.63) is 81.5 Å². The van der Waals surface area contributed by atoms with Gasteiger partial charge in [-0.1, -0.05) is 23.7 Å². The molecule has 1 aromatic heterocycles. The lowest BCUT2D eigenvalue weighted by Crippen LogP contribution is -2.61. The Hall–Kier alpha value is -3.56. The summed E-state index contributed by atoms with van der Waals surface area (Å²) in [6.07, 6.45) is 1.32. The van der Waals surface area contributed by atoms with E-state index in [4.69, 9.17) is 21.4 Å². The first-order chi connectivity index (χ1) is 18.6. The van der Waals surface area contributed by atoms with Crippen LogP contribution in [-0.2, 0) is 6.42 Å². The van der Waals surface area contributed by atoms with Gasteiger partial charge in [0.25, 0.3) is 0 Å². The third-order valence-electron chi connectivity index (χ3n) is 8.13. The van der Waals surface area contributed by atoms with Gasteiger partial charge in [0, 0.05) is 49.7 Å². The van der Waals surface area contributed by atoms with E-state index in [0.29, 0.717) is 38.2 Å². The summed E-state index contributed by atoms with van der Waals surface area (Å²) in [6, 6.07) is 11.0. The van der Waals surface area contributed by atoms with E-state index in [1.165, 1.54) is 18.2 Å². The lowest BCUT2D eigenvalue weighted by atomic mass is 9.93. The minimum absolute atomic E-state index is 0.0696. The zero-order valence-electron chi connectivity index (χ0n) is 22.2. The van der Waals surface area contributed by atoms with E-state index in [1.54, 1.807) is 12.1 Å². The molecule has 1 N–H and O–H groups in total. The Morgan fingerprint density at radius 1 is 1.10 bits per heavy atom. The fraction of sp³-hybridized carbons (Fsp3) is 0.379. The number of aryl methyl sites for hydroxylation is 3. The number of nitrogens with zero attached hydrogens (tertiary/aromatic N) is 4. The molecule has 2 heterocycles. The van der Waals surface area contributed by atoms with E-state index in [1.807, 2.05) is 33.0 Å². The number of carbonyl (C=O) groups is 2. The molecule has 1 unspecified atom stereocenters. The van der Waals surface area contributed by atoms with Gasteiger partial charge in [0.1, 0.15) is 34.8 Å². The van der Waals surface area contributed by atoms with Crippen LogP contribution in [0.5, 0.6) is 5.75 Å². The van der Waals surface area contributed by atoms with Gasteiger partial charge in [0.05, 0.1) is 18.1 Å².